The van der Waals surface area contributed by atoms with E-state index in [1.165, 1.54) is 4.31 Å². The summed E-state index contributed by atoms with van der Waals surface area (Å²) in [7, 11) is -3.60. The molecule has 3 rings (SSSR count). The van der Waals surface area contributed by atoms with E-state index in [0.717, 1.165) is 21.9 Å². The molecule has 0 heterocycles. The Balaban J connectivity index is 1.85. The first-order chi connectivity index (χ1) is 18.6. The number of hydrogen-bond donors (Lipinski definition) is 1. The van der Waals surface area contributed by atoms with Crippen molar-refractivity contribution < 1.29 is 18.0 Å². The highest BCUT2D eigenvalue weighted by atomic mass is 79.9. The number of carbonyl (C=O) groups excluding carboxylic acids is 2. The van der Waals surface area contributed by atoms with Crippen molar-refractivity contribution in [1.29, 1.82) is 0 Å². The maximum absolute atomic E-state index is 13.7. The van der Waals surface area contributed by atoms with Gasteiger partial charge in [-0.1, -0.05) is 76.1 Å². The molecule has 0 saturated heterocycles. The van der Waals surface area contributed by atoms with Crippen LogP contribution in [0, 0.1) is 0 Å². The van der Waals surface area contributed by atoms with Crippen LogP contribution >= 0.6 is 27.5 Å². The molecule has 2 amide bonds. The normalized spacial score (nSPS) is 12.0. The van der Waals surface area contributed by atoms with Gasteiger partial charge in [-0.15, -0.1) is 0 Å². The Morgan fingerprint density at radius 2 is 1.67 bits per heavy atom. The van der Waals surface area contributed by atoms with Crippen LogP contribution in [0.15, 0.2) is 83.3 Å². The van der Waals surface area contributed by atoms with Gasteiger partial charge in [0, 0.05) is 42.0 Å². The average Bonchev–Trinajstić information content (AvgIpc) is 2.89. The van der Waals surface area contributed by atoms with Crippen molar-refractivity contribution >= 4 is 55.1 Å². The molecule has 0 aliphatic rings. The number of nitrogens with one attached hydrogen (secondary N) is 1. The SMILES string of the molecule is CCNC(=O)[C@H](Cc1ccccc1)N(Cc1ccc(Br)cc1)C(=O)CCCN(c1cccc(Cl)c1)S(C)(=O)=O. The smallest absolute Gasteiger partial charge is 0.243 e. The number of nitrogens with zero attached hydrogens (tertiary/aromatic N) is 2. The summed E-state index contributed by atoms with van der Waals surface area (Å²) in [6, 6.07) is 23.0. The van der Waals surface area contributed by atoms with Gasteiger partial charge in [-0.2, -0.15) is 0 Å². The first kappa shape index (κ1) is 30.7. The number of carbonyl (C=O) groups is 2. The van der Waals surface area contributed by atoms with E-state index in [1.807, 2.05) is 61.5 Å². The van der Waals surface area contributed by atoms with E-state index in [0.29, 0.717) is 23.7 Å². The summed E-state index contributed by atoms with van der Waals surface area (Å²) < 4.78 is 27.2. The molecule has 0 bridgehead atoms. The molecule has 7 nitrogen and oxygen atoms in total. The summed E-state index contributed by atoms with van der Waals surface area (Å²) in [6.07, 6.45) is 1.81. The maximum atomic E-state index is 13.7. The summed E-state index contributed by atoms with van der Waals surface area (Å²) in [4.78, 5) is 28.6. The summed E-state index contributed by atoms with van der Waals surface area (Å²) in [5.41, 5.74) is 2.26. The average molecular weight is 635 g/mol. The van der Waals surface area contributed by atoms with Gasteiger partial charge in [0.15, 0.2) is 0 Å². The molecule has 3 aromatic carbocycles. The number of likely N-dealkylation sites (N-methyl/N-ethyl adjacent to an activating group) is 1. The molecule has 0 aliphatic heterocycles. The molecular weight excluding hydrogens is 602 g/mol. The van der Waals surface area contributed by atoms with Crippen molar-refractivity contribution in [2.75, 3.05) is 23.7 Å². The minimum atomic E-state index is -3.60. The zero-order valence-electron chi connectivity index (χ0n) is 22.0. The number of benzene rings is 3. The van der Waals surface area contributed by atoms with Crippen LogP contribution in [0.5, 0.6) is 0 Å². The summed E-state index contributed by atoms with van der Waals surface area (Å²) in [5.74, 6) is -0.465. The number of anilines is 1. The Bertz CT molecular complexity index is 1350. The standard InChI is InChI=1S/C29H33BrClN3O4S/c1-3-32-29(36)27(19-22-9-5-4-6-10-22)33(21-23-14-16-24(30)17-15-23)28(35)13-8-18-34(39(2,37)38)26-12-7-11-25(31)20-26/h4-7,9-12,14-17,20,27H,3,8,13,18-19,21H2,1-2H3,(H,32,36)/t27-/m0/s1. The zero-order valence-corrected chi connectivity index (χ0v) is 25.2. The molecular formula is C29H33BrClN3O4S. The van der Waals surface area contributed by atoms with Gasteiger partial charge in [-0.3, -0.25) is 13.9 Å². The fourth-order valence-electron chi connectivity index (χ4n) is 4.27. The van der Waals surface area contributed by atoms with Crippen LogP contribution < -0.4 is 9.62 Å². The lowest BCUT2D eigenvalue weighted by atomic mass is 10.0. The molecule has 0 aliphatic carbocycles. The lowest BCUT2D eigenvalue weighted by molar-refractivity contribution is -0.141. The summed E-state index contributed by atoms with van der Waals surface area (Å²) >= 11 is 9.52. The van der Waals surface area contributed by atoms with Crippen LogP contribution in [0.25, 0.3) is 0 Å². The van der Waals surface area contributed by atoms with Crippen molar-refractivity contribution in [3.63, 3.8) is 0 Å². The highest BCUT2D eigenvalue weighted by Crippen LogP contribution is 2.23. The van der Waals surface area contributed by atoms with Crippen LogP contribution in [0.1, 0.15) is 30.9 Å². The topological polar surface area (TPSA) is 86.8 Å². The van der Waals surface area contributed by atoms with Crippen LogP contribution in [0.3, 0.4) is 0 Å². The summed E-state index contributed by atoms with van der Waals surface area (Å²) in [6.45, 7) is 2.62. The second kappa shape index (κ2) is 14.5. The van der Waals surface area contributed by atoms with Gasteiger partial charge in [0.25, 0.3) is 0 Å². The van der Waals surface area contributed by atoms with Crippen LogP contribution in [-0.2, 0) is 32.6 Å². The van der Waals surface area contributed by atoms with E-state index in [1.54, 1.807) is 29.2 Å². The van der Waals surface area contributed by atoms with Crippen molar-refractivity contribution in [3.8, 4) is 0 Å². The Morgan fingerprint density at radius 3 is 2.28 bits per heavy atom. The van der Waals surface area contributed by atoms with Crippen LogP contribution in [-0.4, -0.2) is 50.5 Å². The second-order valence-corrected chi connectivity index (χ2v) is 12.4. The minimum absolute atomic E-state index is 0.0633. The predicted octanol–water partition coefficient (Wildman–Crippen LogP) is 5.42. The number of hydrogen-bond acceptors (Lipinski definition) is 4. The third-order valence-electron chi connectivity index (χ3n) is 6.14. The number of amides is 2. The van der Waals surface area contributed by atoms with Crippen LogP contribution in [0.2, 0.25) is 5.02 Å². The minimum Gasteiger partial charge on any atom is -0.355 e. The molecule has 1 atom stereocenters. The first-order valence-corrected chi connectivity index (χ1v) is 15.7. The Morgan fingerprint density at radius 1 is 0.974 bits per heavy atom. The van der Waals surface area contributed by atoms with Gasteiger partial charge in [-0.25, -0.2) is 8.42 Å². The van der Waals surface area contributed by atoms with E-state index in [-0.39, 0.29) is 37.7 Å². The van der Waals surface area contributed by atoms with Gasteiger partial charge < -0.3 is 10.2 Å². The van der Waals surface area contributed by atoms with Crippen molar-refractivity contribution in [1.82, 2.24) is 10.2 Å². The third kappa shape index (κ3) is 9.37. The van der Waals surface area contributed by atoms with E-state index in [4.69, 9.17) is 11.6 Å². The molecule has 0 saturated carbocycles. The lowest BCUT2D eigenvalue weighted by Gasteiger charge is -2.32. The molecule has 0 aromatic heterocycles. The van der Waals surface area contributed by atoms with Crippen molar-refractivity contribution in [2.45, 2.75) is 38.8 Å². The highest BCUT2D eigenvalue weighted by molar-refractivity contribution is 9.10. The Labute approximate surface area is 244 Å². The van der Waals surface area contributed by atoms with Gasteiger partial charge in [0.2, 0.25) is 21.8 Å². The first-order valence-electron chi connectivity index (χ1n) is 12.7. The highest BCUT2D eigenvalue weighted by Gasteiger charge is 2.30. The van der Waals surface area contributed by atoms with Crippen molar-refractivity contribution in [2.24, 2.45) is 0 Å². The largest absolute Gasteiger partial charge is 0.355 e. The molecule has 0 spiro atoms. The van der Waals surface area contributed by atoms with E-state index in [9.17, 15) is 18.0 Å². The molecule has 0 radical (unpaired) electrons. The fraction of sp³-hybridized carbons (Fsp3) is 0.310. The van der Waals surface area contributed by atoms with E-state index >= 15 is 0 Å². The fourth-order valence-corrected chi connectivity index (χ4v) is 5.67. The van der Waals surface area contributed by atoms with Gasteiger partial charge in [0.05, 0.1) is 11.9 Å². The predicted molar refractivity (Wildman–Crippen MR) is 160 cm³/mol. The number of rotatable bonds is 13. The molecule has 0 fully saturated rings. The third-order valence-corrected chi connectivity index (χ3v) is 8.09. The number of sulfonamides is 1. The van der Waals surface area contributed by atoms with E-state index < -0.39 is 16.1 Å². The van der Waals surface area contributed by atoms with E-state index in [2.05, 4.69) is 21.2 Å². The second-order valence-electron chi connectivity index (χ2n) is 9.17. The molecule has 10 heteroatoms. The molecule has 3 aromatic rings. The Hall–Kier alpha value is -2.88. The van der Waals surface area contributed by atoms with Crippen LogP contribution in [0.4, 0.5) is 5.69 Å². The summed E-state index contributed by atoms with van der Waals surface area (Å²) in [5, 5.41) is 3.30. The quantitative estimate of drug-likeness (QED) is 0.272. The monoisotopic (exact) mass is 633 g/mol. The van der Waals surface area contributed by atoms with Gasteiger partial charge in [-0.05, 0) is 54.8 Å². The lowest BCUT2D eigenvalue weighted by Crippen LogP contribution is -2.50. The molecule has 39 heavy (non-hydrogen) atoms. The van der Waals surface area contributed by atoms with Crippen molar-refractivity contribution in [3.05, 3.63) is 99.5 Å². The van der Waals surface area contributed by atoms with Gasteiger partial charge in [0.1, 0.15) is 6.04 Å². The molecule has 1 N–H and O–H groups in total. The zero-order chi connectivity index (χ0) is 28.4. The number of halogens is 2. The molecule has 0 unspecified atom stereocenters. The maximum Gasteiger partial charge on any atom is 0.243 e. The van der Waals surface area contributed by atoms with Gasteiger partial charge >= 0.3 is 0 Å². The molecule has 208 valence electrons. The Kier molecular flexibility index (Phi) is 11.4.